The molecule has 1 aliphatic rings. The standard InChI is InChI=1S/C23H23ClN2O3S/c24-20-10-12-21(13-11-20)30(28,29)26-14-4-8-19(16-26)23(27)25-15-18-7-3-6-17-5-1-2-9-22(17)18/h1-3,5-7,9-13,19H,4,8,14-16H2,(H,25,27). The van der Waals surface area contributed by atoms with Crippen molar-refractivity contribution in [3.63, 3.8) is 0 Å². The lowest BCUT2D eigenvalue weighted by molar-refractivity contribution is -0.126. The number of carbonyl (C=O) groups is 1. The number of amides is 1. The van der Waals surface area contributed by atoms with E-state index in [2.05, 4.69) is 5.32 Å². The Morgan fingerprint density at radius 2 is 1.77 bits per heavy atom. The zero-order valence-corrected chi connectivity index (χ0v) is 18.0. The van der Waals surface area contributed by atoms with Gasteiger partial charge in [0.15, 0.2) is 0 Å². The van der Waals surface area contributed by atoms with Crippen LogP contribution in [0.3, 0.4) is 0 Å². The number of halogens is 1. The largest absolute Gasteiger partial charge is 0.352 e. The van der Waals surface area contributed by atoms with Crippen molar-refractivity contribution in [3.05, 3.63) is 77.3 Å². The van der Waals surface area contributed by atoms with Crippen molar-refractivity contribution in [2.75, 3.05) is 13.1 Å². The lowest BCUT2D eigenvalue weighted by Crippen LogP contribution is -2.45. The molecule has 4 rings (SSSR count). The molecule has 1 unspecified atom stereocenters. The zero-order chi connectivity index (χ0) is 21.1. The number of rotatable bonds is 5. The van der Waals surface area contributed by atoms with E-state index in [0.29, 0.717) is 31.0 Å². The van der Waals surface area contributed by atoms with Gasteiger partial charge in [0.1, 0.15) is 0 Å². The number of benzene rings is 3. The van der Waals surface area contributed by atoms with Crippen LogP contribution in [0, 0.1) is 5.92 Å². The smallest absolute Gasteiger partial charge is 0.243 e. The van der Waals surface area contributed by atoms with Crippen LogP contribution in [0.15, 0.2) is 71.6 Å². The van der Waals surface area contributed by atoms with Gasteiger partial charge in [-0.05, 0) is 53.4 Å². The van der Waals surface area contributed by atoms with E-state index in [4.69, 9.17) is 11.6 Å². The molecule has 7 heteroatoms. The van der Waals surface area contributed by atoms with E-state index < -0.39 is 10.0 Å². The minimum absolute atomic E-state index is 0.112. The first-order valence-electron chi connectivity index (χ1n) is 9.95. The second-order valence-electron chi connectivity index (χ2n) is 7.51. The first-order chi connectivity index (χ1) is 14.4. The maximum atomic E-state index is 12.9. The number of hydrogen-bond donors (Lipinski definition) is 1. The van der Waals surface area contributed by atoms with E-state index in [0.717, 1.165) is 16.3 Å². The molecule has 1 aliphatic heterocycles. The monoisotopic (exact) mass is 442 g/mol. The Morgan fingerprint density at radius 1 is 1.03 bits per heavy atom. The van der Waals surface area contributed by atoms with Gasteiger partial charge in [0.05, 0.1) is 10.8 Å². The molecule has 0 spiro atoms. The highest BCUT2D eigenvalue weighted by molar-refractivity contribution is 7.89. The molecule has 156 valence electrons. The Balaban J connectivity index is 1.44. The van der Waals surface area contributed by atoms with Gasteiger partial charge in [0, 0.05) is 24.7 Å². The molecule has 0 saturated carbocycles. The number of nitrogens with one attached hydrogen (secondary N) is 1. The van der Waals surface area contributed by atoms with Crippen LogP contribution in [0.5, 0.6) is 0 Å². The maximum Gasteiger partial charge on any atom is 0.243 e. The second kappa shape index (κ2) is 8.76. The van der Waals surface area contributed by atoms with Gasteiger partial charge in [0.25, 0.3) is 0 Å². The molecular formula is C23H23ClN2O3S. The fourth-order valence-electron chi connectivity index (χ4n) is 3.90. The Morgan fingerprint density at radius 3 is 2.57 bits per heavy atom. The summed E-state index contributed by atoms with van der Waals surface area (Å²) < 4.78 is 27.3. The first-order valence-corrected chi connectivity index (χ1v) is 11.8. The molecule has 0 radical (unpaired) electrons. The molecule has 1 heterocycles. The van der Waals surface area contributed by atoms with Crippen LogP contribution in [0.1, 0.15) is 18.4 Å². The third-order valence-corrected chi connectivity index (χ3v) is 7.67. The van der Waals surface area contributed by atoms with Crippen LogP contribution in [-0.2, 0) is 21.4 Å². The van der Waals surface area contributed by atoms with Gasteiger partial charge >= 0.3 is 0 Å². The first kappa shape index (κ1) is 20.8. The van der Waals surface area contributed by atoms with Gasteiger partial charge in [-0.1, -0.05) is 54.1 Å². The summed E-state index contributed by atoms with van der Waals surface area (Å²) >= 11 is 5.87. The average molecular weight is 443 g/mol. The van der Waals surface area contributed by atoms with Crippen molar-refractivity contribution in [3.8, 4) is 0 Å². The van der Waals surface area contributed by atoms with Crippen molar-refractivity contribution in [1.29, 1.82) is 0 Å². The van der Waals surface area contributed by atoms with Gasteiger partial charge in [0.2, 0.25) is 15.9 Å². The third-order valence-electron chi connectivity index (χ3n) is 5.54. The van der Waals surface area contributed by atoms with Crippen molar-refractivity contribution < 1.29 is 13.2 Å². The second-order valence-corrected chi connectivity index (χ2v) is 9.89. The van der Waals surface area contributed by atoms with E-state index in [1.807, 2.05) is 42.5 Å². The SMILES string of the molecule is O=C(NCc1cccc2ccccc12)C1CCCN(S(=O)(=O)c2ccc(Cl)cc2)C1. The van der Waals surface area contributed by atoms with Gasteiger partial charge in [-0.3, -0.25) is 4.79 Å². The lowest BCUT2D eigenvalue weighted by Gasteiger charge is -2.31. The quantitative estimate of drug-likeness (QED) is 0.643. The molecule has 1 N–H and O–H groups in total. The minimum atomic E-state index is -3.65. The summed E-state index contributed by atoms with van der Waals surface area (Å²) in [6.45, 7) is 1.02. The average Bonchev–Trinajstić information content (AvgIpc) is 2.78. The van der Waals surface area contributed by atoms with Crippen LogP contribution in [0.2, 0.25) is 5.02 Å². The number of sulfonamides is 1. The highest BCUT2D eigenvalue weighted by atomic mass is 35.5. The van der Waals surface area contributed by atoms with Crippen LogP contribution in [0.4, 0.5) is 0 Å². The summed E-state index contributed by atoms with van der Waals surface area (Å²) in [6.07, 6.45) is 1.33. The van der Waals surface area contributed by atoms with Gasteiger partial charge in [-0.25, -0.2) is 8.42 Å². The van der Waals surface area contributed by atoms with Crippen LogP contribution in [0.25, 0.3) is 10.8 Å². The summed E-state index contributed by atoms with van der Waals surface area (Å²) in [5.74, 6) is -0.477. The molecule has 0 aliphatic carbocycles. The number of nitrogens with zero attached hydrogens (tertiary/aromatic N) is 1. The van der Waals surface area contributed by atoms with Crippen molar-refractivity contribution >= 4 is 38.3 Å². The predicted molar refractivity (Wildman–Crippen MR) is 119 cm³/mol. The summed E-state index contributed by atoms with van der Waals surface area (Å²) in [6, 6.07) is 20.2. The van der Waals surface area contributed by atoms with Gasteiger partial charge in [-0.15, -0.1) is 0 Å². The molecule has 3 aromatic carbocycles. The fourth-order valence-corrected chi connectivity index (χ4v) is 5.55. The number of carbonyl (C=O) groups excluding carboxylic acids is 1. The number of fused-ring (bicyclic) bond motifs is 1. The number of hydrogen-bond acceptors (Lipinski definition) is 3. The highest BCUT2D eigenvalue weighted by Crippen LogP contribution is 2.25. The fraction of sp³-hybridized carbons (Fsp3) is 0.261. The maximum absolute atomic E-state index is 12.9. The summed E-state index contributed by atoms with van der Waals surface area (Å²) in [7, 11) is -3.65. The van der Waals surface area contributed by atoms with E-state index >= 15 is 0 Å². The molecule has 0 bridgehead atoms. The van der Waals surface area contributed by atoms with Crippen LogP contribution in [-0.4, -0.2) is 31.7 Å². The molecule has 30 heavy (non-hydrogen) atoms. The van der Waals surface area contributed by atoms with Crippen molar-refractivity contribution in [2.24, 2.45) is 5.92 Å². The molecule has 3 aromatic rings. The highest BCUT2D eigenvalue weighted by Gasteiger charge is 2.33. The summed E-state index contributed by atoms with van der Waals surface area (Å²) in [5.41, 5.74) is 1.04. The molecule has 1 amide bonds. The Bertz CT molecular complexity index is 1160. The van der Waals surface area contributed by atoms with E-state index in [9.17, 15) is 13.2 Å². The Hall–Kier alpha value is -2.41. The normalized spacial score (nSPS) is 17.7. The lowest BCUT2D eigenvalue weighted by atomic mass is 9.98. The summed E-state index contributed by atoms with van der Waals surface area (Å²) in [5, 5.41) is 5.72. The van der Waals surface area contributed by atoms with Gasteiger partial charge in [-0.2, -0.15) is 4.31 Å². The third kappa shape index (κ3) is 4.36. The van der Waals surface area contributed by atoms with E-state index in [-0.39, 0.29) is 23.3 Å². The van der Waals surface area contributed by atoms with E-state index in [1.54, 1.807) is 12.1 Å². The molecule has 1 fully saturated rings. The predicted octanol–water partition coefficient (Wildman–Crippen LogP) is 4.21. The van der Waals surface area contributed by atoms with Crippen LogP contribution < -0.4 is 5.32 Å². The van der Waals surface area contributed by atoms with Gasteiger partial charge < -0.3 is 5.32 Å². The zero-order valence-electron chi connectivity index (χ0n) is 16.4. The van der Waals surface area contributed by atoms with Crippen molar-refractivity contribution in [1.82, 2.24) is 9.62 Å². The van der Waals surface area contributed by atoms with Crippen molar-refractivity contribution in [2.45, 2.75) is 24.3 Å². The molecule has 5 nitrogen and oxygen atoms in total. The topological polar surface area (TPSA) is 66.5 Å². The van der Waals surface area contributed by atoms with E-state index in [1.165, 1.54) is 16.4 Å². The minimum Gasteiger partial charge on any atom is -0.352 e. The molecule has 1 atom stereocenters. The molecule has 1 saturated heterocycles. The Kier molecular flexibility index (Phi) is 6.09. The summed E-state index contributed by atoms with van der Waals surface area (Å²) in [4.78, 5) is 13.0. The number of piperidine rings is 1. The molecular weight excluding hydrogens is 420 g/mol. The Labute approximate surface area is 181 Å². The molecule has 0 aromatic heterocycles. The van der Waals surface area contributed by atoms with Crippen LogP contribution >= 0.6 is 11.6 Å².